The Morgan fingerprint density at radius 3 is 2.73 bits per heavy atom. The van der Waals surface area contributed by atoms with E-state index in [9.17, 15) is 9.59 Å². The molecular weight excluding hydrogens is 212 g/mol. The van der Waals surface area contributed by atoms with E-state index in [1.54, 1.807) is 19.2 Å². The van der Waals surface area contributed by atoms with Crippen LogP contribution >= 0.6 is 11.3 Å². The van der Waals surface area contributed by atoms with Gasteiger partial charge in [-0.05, 0) is 18.5 Å². The molecule has 0 radical (unpaired) electrons. The van der Waals surface area contributed by atoms with Crippen LogP contribution < -0.4 is 5.32 Å². The second-order valence-corrected chi connectivity index (χ2v) is 4.00. The monoisotopic (exact) mass is 226 g/mol. The van der Waals surface area contributed by atoms with Crippen LogP contribution in [0.15, 0.2) is 17.5 Å². The van der Waals surface area contributed by atoms with Gasteiger partial charge in [-0.3, -0.25) is 14.5 Å². The lowest BCUT2D eigenvalue weighted by Gasteiger charge is -2.17. The number of hydrogen-bond donors (Lipinski definition) is 1. The average Bonchev–Trinajstić information content (AvgIpc) is 2.70. The third-order valence-electron chi connectivity index (χ3n) is 1.94. The predicted molar refractivity (Wildman–Crippen MR) is 60.0 cm³/mol. The summed E-state index contributed by atoms with van der Waals surface area (Å²) in [5.41, 5.74) is 0. The van der Waals surface area contributed by atoms with Crippen LogP contribution in [0.3, 0.4) is 0 Å². The van der Waals surface area contributed by atoms with Crippen molar-refractivity contribution in [2.45, 2.75) is 6.92 Å². The molecule has 0 aliphatic heterocycles. The molecule has 0 saturated heterocycles. The second kappa shape index (κ2) is 5.63. The van der Waals surface area contributed by atoms with Gasteiger partial charge in [0.15, 0.2) is 0 Å². The summed E-state index contributed by atoms with van der Waals surface area (Å²) < 4.78 is 0. The third-order valence-corrected chi connectivity index (χ3v) is 2.80. The lowest BCUT2D eigenvalue weighted by Crippen LogP contribution is -2.39. The van der Waals surface area contributed by atoms with Gasteiger partial charge < -0.3 is 5.32 Å². The molecule has 1 rings (SSSR count). The molecular formula is C10H14N2O2S. The van der Waals surface area contributed by atoms with Crippen molar-refractivity contribution in [3.8, 4) is 0 Å². The topological polar surface area (TPSA) is 49.4 Å². The van der Waals surface area contributed by atoms with Crippen LogP contribution in [-0.4, -0.2) is 36.9 Å². The SMILES string of the molecule is CNCCN(C(C)=O)C(=O)c1cccs1. The van der Waals surface area contributed by atoms with Crippen molar-refractivity contribution in [2.24, 2.45) is 0 Å². The second-order valence-electron chi connectivity index (χ2n) is 3.06. The van der Waals surface area contributed by atoms with Gasteiger partial charge in [-0.1, -0.05) is 6.07 Å². The van der Waals surface area contributed by atoms with Crippen LogP contribution in [0.2, 0.25) is 0 Å². The molecule has 0 spiro atoms. The maximum atomic E-state index is 11.8. The van der Waals surface area contributed by atoms with E-state index in [0.29, 0.717) is 18.0 Å². The van der Waals surface area contributed by atoms with Gasteiger partial charge >= 0.3 is 0 Å². The summed E-state index contributed by atoms with van der Waals surface area (Å²) in [5, 5.41) is 4.73. The molecule has 0 aromatic carbocycles. The van der Waals surface area contributed by atoms with Crippen molar-refractivity contribution in [1.82, 2.24) is 10.2 Å². The average molecular weight is 226 g/mol. The van der Waals surface area contributed by atoms with Crippen molar-refractivity contribution in [2.75, 3.05) is 20.1 Å². The number of nitrogens with one attached hydrogen (secondary N) is 1. The Balaban J connectivity index is 2.72. The Morgan fingerprint density at radius 1 is 1.53 bits per heavy atom. The highest BCUT2D eigenvalue weighted by Crippen LogP contribution is 2.11. The first-order chi connectivity index (χ1) is 7.16. The summed E-state index contributed by atoms with van der Waals surface area (Å²) in [5.74, 6) is -0.434. The van der Waals surface area contributed by atoms with Crippen LogP contribution in [0.4, 0.5) is 0 Å². The summed E-state index contributed by atoms with van der Waals surface area (Å²) in [6.45, 7) is 2.42. The van der Waals surface area contributed by atoms with Gasteiger partial charge in [0.1, 0.15) is 0 Å². The molecule has 1 heterocycles. The van der Waals surface area contributed by atoms with Crippen LogP contribution in [0, 0.1) is 0 Å². The van der Waals surface area contributed by atoms with Crippen molar-refractivity contribution >= 4 is 23.2 Å². The van der Waals surface area contributed by atoms with Crippen LogP contribution in [0.25, 0.3) is 0 Å². The number of amides is 2. The van der Waals surface area contributed by atoms with E-state index in [4.69, 9.17) is 0 Å². The minimum atomic E-state index is -0.219. The van der Waals surface area contributed by atoms with Gasteiger partial charge in [-0.15, -0.1) is 11.3 Å². The fourth-order valence-corrected chi connectivity index (χ4v) is 1.83. The lowest BCUT2D eigenvalue weighted by atomic mass is 10.3. The van der Waals surface area contributed by atoms with Gasteiger partial charge in [0.05, 0.1) is 4.88 Å². The molecule has 15 heavy (non-hydrogen) atoms. The van der Waals surface area contributed by atoms with Crippen LogP contribution in [-0.2, 0) is 4.79 Å². The number of rotatable bonds is 4. The largest absolute Gasteiger partial charge is 0.318 e. The summed E-state index contributed by atoms with van der Waals surface area (Å²) >= 11 is 1.35. The zero-order chi connectivity index (χ0) is 11.3. The molecule has 2 amide bonds. The number of carbonyl (C=O) groups excluding carboxylic acids is 2. The minimum Gasteiger partial charge on any atom is -0.318 e. The van der Waals surface area contributed by atoms with Gasteiger partial charge in [-0.25, -0.2) is 0 Å². The van der Waals surface area contributed by atoms with Gasteiger partial charge in [-0.2, -0.15) is 0 Å². The molecule has 1 aromatic rings. The van der Waals surface area contributed by atoms with Crippen molar-refractivity contribution < 1.29 is 9.59 Å². The number of carbonyl (C=O) groups is 2. The zero-order valence-electron chi connectivity index (χ0n) is 8.82. The van der Waals surface area contributed by atoms with Crippen molar-refractivity contribution in [3.05, 3.63) is 22.4 Å². The van der Waals surface area contributed by atoms with Crippen LogP contribution in [0.5, 0.6) is 0 Å². The van der Waals surface area contributed by atoms with E-state index in [2.05, 4.69) is 5.32 Å². The van der Waals surface area contributed by atoms with Gasteiger partial charge in [0.25, 0.3) is 5.91 Å². The van der Waals surface area contributed by atoms with Gasteiger partial charge in [0.2, 0.25) is 5.91 Å². The molecule has 0 unspecified atom stereocenters. The lowest BCUT2D eigenvalue weighted by molar-refractivity contribution is -0.126. The van der Waals surface area contributed by atoms with Gasteiger partial charge in [0, 0.05) is 20.0 Å². The van der Waals surface area contributed by atoms with Crippen LogP contribution in [0.1, 0.15) is 16.6 Å². The summed E-state index contributed by atoms with van der Waals surface area (Å²) in [6.07, 6.45) is 0. The highest BCUT2D eigenvalue weighted by molar-refractivity contribution is 7.12. The van der Waals surface area contributed by atoms with Crippen molar-refractivity contribution in [1.29, 1.82) is 0 Å². The maximum absolute atomic E-state index is 11.8. The standard InChI is InChI=1S/C10H14N2O2S/c1-8(13)12(6-5-11-2)10(14)9-4-3-7-15-9/h3-4,7,11H,5-6H2,1-2H3. The minimum absolute atomic E-state index is 0.215. The number of likely N-dealkylation sites (N-methyl/N-ethyl adjacent to an activating group) is 1. The molecule has 0 aliphatic carbocycles. The van der Waals surface area contributed by atoms with E-state index in [0.717, 1.165) is 0 Å². The summed E-state index contributed by atoms with van der Waals surface area (Å²) in [4.78, 5) is 25.0. The van der Waals surface area contributed by atoms with Crippen molar-refractivity contribution in [3.63, 3.8) is 0 Å². The third kappa shape index (κ3) is 3.14. The molecule has 0 saturated carbocycles. The molecule has 5 heteroatoms. The van der Waals surface area contributed by atoms with E-state index >= 15 is 0 Å². The molecule has 0 fully saturated rings. The smallest absolute Gasteiger partial charge is 0.270 e. The molecule has 1 N–H and O–H groups in total. The Kier molecular flexibility index (Phi) is 4.45. The Morgan fingerprint density at radius 2 is 2.27 bits per heavy atom. The van der Waals surface area contributed by atoms with E-state index < -0.39 is 0 Å². The first kappa shape index (κ1) is 11.9. The summed E-state index contributed by atoms with van der Waals surface area (Å²) in [7, 11) is 1.79. The number of nitrogens with zero attached hydrogens (tertiary/aromatic N) is 1. The highest BCUT2D eigenvalue weighted by Gasteiger charge is 2.19. The van der Waals surface area contributed by atoms with E-state index in [1.165, 1.54) is 23.2 Å². The Hall–Kier alpha value is -1.20. The highest BCUT2D eigenvalue weighted by atomic mass is 32.1. The molecule has 0 aliphatic rings. The first-order valence-electron chi connectivity index (χ1n) is 4.67. The Labute approximate surface area is 92.9 Å². The molecule has 1 aromatic heterocycles. The molecule has 0 atom stereocenters. The number of hydrogen-bond acceptors (Lipinski definition) is 4. The van der Waals surface area contributed by atoms with E-state index in [-0.39, 0.29) is 11.8 Å². The number of thiophene rings is 1. The quantitative estimate of drug-likeness (QED) is 0.831. The number of imide groups is 1. The Bertz CT molecular complexity index is 335. The van der Waals surface area contributed by atoms with E-state index in [1.807, 2.05) is 5.38 Å². The normalized spacial score (nSPS) is 10.0. The molecule has 0 bridgehead atoms. The maximum Gasteiger partial charge on any atom is 0.270 e. The molecule has 82 valence electrons. The fourth-order valence-electron chi connectivity index (χ4n) is 1.16. The predicted octanol–water partition coefficient (Wildman–Crippen LogP) is 0.956. The first-order valence-corrected chi connectivity index (χ1v) is 5.55. The zero-order valence-corrected chi connectivity index (χ0v) is 9.63. The summed E-state index contributed by atoms with van der Waals surface area (Å²) in [6, 6.07) is 3.52. The fraction of sp³-hybridized carbons (Fsp3) is 0.400. The molecule has 4 nitrogen and oxygen atoms in total.